The van der Waals surface area contributed by atoms with Gasteiger partial charge in [-0.2, -0.15) is 0 Å². The molecule has 2 aromatic carbocycles. The van der Waals surface area contributed by atoms with Crippen LogP contribution < -0.4 is 19.5 Å². The highest BCUT2D eigenvalue weighted by molar-refractivity contribution is 6.32. The van der Waals surface area contributed by atoms with Gasteiger partial charge in [-0.3, -0.25) is 9.59 Å². The molecule has 7 heteroatoms. The Morgan fingerprint density at radius 1 is 1.32 bits per heavy atom. The summed E-state index contributed by atoms with van der Waals surface area (Å²) < 4.78 is 16.3. The highest BCUT2D eigenvalue weighted by Crippen LogP contribution is 2.37. The molecule has 2 aromatic rings. The summed E-state index contributed by atoms with van der Waals surface area (Å²) in [5.74, 6) is 1.06. The standard InChI is InChI=1S/C21H20ClNO5/c1-3-8-27-21-15(22)9-13(10-19(21)26-2)4-6-17(24)14-5-7-18-16(11-14)23-20(25)12-28-18/h4-7,9-11H,3,8,12H2,1-2H3,(H,23,25)/b6-4+. The van der Waals surface area contributed by atoms with Crippen molar-refractivity contribution in [3.63, 3.8) is 0 Å². The summed E-state index contributed by atoms with van der Waals surface area (Å²) in [7, 11) is 1.53. The van der Waals surface area contributed by atoms with Crippen LogP contribution in [0.5, 0.6) is 17.2 Å². The molecular weight excluding hydrogens is 382 g/mol. The lowest BCUT2D eigenvalue weighted by atomic mass is 10.1. The van der Waals surface area contributed by atoms with Gasteiger partial charge in [0.2, 0.25) is 0 Å². The minimum Gasteiger partial charge on any atom is -0.493 e. The number of hydrogen-bond acceptors (Lipinski definition) is 5. The van der Waals surface area contributed by atoms with Crippen LogP contribution in [0.2, 0.25) is 5.02 Å². The number of benzene rings is 2. The van der Waals surface area contributed by atoms with Crippen LogP contribution >= 0.6 is 11.6 Å². The van der Waals surface area contributed by atoms with Crippen molar-refractivity contribution in [2.24, 2.45) is 0 Å². The minimum absolute atomic E-state index is 0.0270. The summed E-state index contributed by atoms with van der Waals surface area (Å²) >= 11 is 6.30. The smallest absolute Gasteiger partial charge is 0.262 e. The van der Waals surface area contributed by atoms with Gasteiger partial charge in [-0.05, 0) is 48.4 Å². The molecule has 0 saturated carbocycles. The molecule has 0 atom stereocenters. The van der Waals surface area contributed by atoms with Gasteiger partial charge in [-0.1, -0.05) is 24.6 Å². The maximum absolute atomic E-state index is 12.5. The number of nitrogens with one attached hydrogen (secondary N) is 1. The van der Waals surface area contributed by atoms with Crippen LogP contribution in [-0.4, -0.2) is 32.0 Å². The number of methoxy groups -OCH3 is 1. The van der Waals surface area contributed by atoms with Gasteiger partial charge in [-0.15, -0.1) is 0 Å². The number of amides is 1. The number of rotatable bonds is 7. The molecule has 0 bridgehead atoms. The summed E-state index contributed by atoms with van der Waals surface area (Å²) in [6.45, 7) is 2.50. The molecule has 0 spiro atoms. The molecular formula is C21H20ClNO5. The molecule has 0 unspecified atom stereocenters. The fourth-order valence-corrected chi connectivity index (χ4v) is 2.96. The van der Waals surface area contributed by atoms with Crippen molar-refractivity contribution >= 4 is 35.1 Å². The van der Waals surface area contributed by atoms with Crippen LogP contribution in [0, 0.1) is 0 Å². The molecule has 28 heavy (non-hydrogen) atoms. The summed E-state index contributed by atoms with van der Waals surface area (Å²) in [5, 5.41) is 3.10. The zero-order valence-corrected chi connectivity index (χ0v) is 16.3. The summed E-state index contributed by atoms with van der Waals surface area (Å²) in [6, 6.07) is 8.36. The Morgan fingerprint density at radius 3 is 2.89 bits per heavy atom. The molecule has 1 amide bonds. The lowest BCUT2D eigenvalue weighted by Gasteiger charge is -2.18. The fourth-order valence-electron chi connectivity index (χ4n) is 2.68. The normalized spacial score (nSPS) is 12.9. The first kappa shape index (κ1) is 19.8. The number of ketones is 1. The van der Waals surface area contributed by atoms with Gasteiger partial charge in [0, 0.05) is 5.56 Å². The van der Waals surface area contributed by atoms with E-state index in [2.05, 4.69) is 5.32 Å². The minimum atomic E-state index is -0.250. The lowest BCUT2D eigenvalue weighted by Crippen LogP contribution is -2.25. The van der Waals surface area contributed by atoms with Crippen LogP contribution in [0.3, 0.4) is 0 Å². The van der Waals surface area contributed by atoms with Crippen LogP contribution in [-0.2, 0) is 4.79 Å². The van der Waals surface area contributed by atoms with Crippen molar-refractivity contribution in [1.29, 1.82) is 0 Å². The fraction of sp³-hybridized carbons (Fsp3) is 0.238. The molecule has 6 nitrogen and oxygen atoms in total. The number of allylic oxidation sites excluding steroid dienone is 1. The number of fused-ring (bicyclic) bond motifs is 1. The Bertz CT molecular complexity index is 939. The molecule has 1 heterocycles. The van der Waals surface area contributed by atoms with E-state index in [9.17, 15) is 9.59 Å². The molecule has 0 aliphatic carbocycles. The first-order chi connectivity index (χ1) is 13.5. The summed E-state index contributed by atoms with van der Waals surface area (Å²) in [5.41, 5.74) is 1.62. The van der Waals surface area contributed by atoms with Crippen molar-refractivity contribution in [2.75, 3.05) is 25.6 Å². The highest BCUT2D eigenvalue weighted by atomic mass is 35.5. The van der Waals surface area contributed by atoms with Crippen molar-refractivity contribution in [1.82, 2.24) is 0 Å². The van der Waals surface area contributed by atoms with E-state index in [0.717, 1.165) is 6.42 Å². The van der Waals surface area contributed by atoms with Crippen molar-refractivity contribution < 1.29 is 23.8 Å². The Kier molecular flexibility index (Phi) is 6.21. The summed E-state index contributed by atoms with van der Waals surface area (Å²) in [6.07, 6.45) is 3.93. The Labute approximate surface area is 168 Å². The molecule has 1 aliphatic heterocycles. The molecule has 0 saturated heterocycles. The second-order valence-corrected chi connectivity index (χ2v) is 6.54. The number of carbonyl (C=O) groups is 2. The molecule has 1 aliphatic rings. The van der Waals surface area contributed by atoms with E-state index in [1.807, 2.05) is 6.92 Å². The predicted octanol–water partition coefficient (Wildman–Crippen LogP) is 4.36. The van der Waals surface area contributed by atoms with Gasteiger partial charge in [0.05, 0.1) is 24.4 Å². The zero-order chi connectivity index (χ0) is 20.1. The third-order valence-electron chi connectivity index (χ3n) is 4.03. The molecule has 3 rings (SSSR count). The van der Waals surface area contributed by atoms with Crippen LogP contribution in [0.15, 0.2) is 36.4 Å². The molecule has 146 valence electrons. The second kappa shape index (κ2) is 8.80. The van der Waals surface area contributed by atoms with Crippen LogP contribution in [0.1, 0.15) is 29.3 Å². The number of halogens is 1. The number of ether oxygens (including phenoxy) is 3. The van der Waals surface area contributed by atoms with Crippen molar-refractivity contribution in [3.05, 3.63) is 52.6 Å². The van der Waals surface area contributed by atoms with Crippen molar-refractivity contribution in [3.8, 4) is 17.2 Å². The maximum atomic E-state index is 12.5. The molecule has 0 radical (unpaired) electrons. The zero-order valence-electron chi connectivity index (χ0n) is 15.6. The third-order valence-corrected chi connectivity index (χ3v) is 4.31. The quantitative estimate of drug-likeness (QED) is 0.551. The molecule has 0 aromatic heterocycles. The first-order valence-electron chi connectivity index (χ1n) is 8.81. The average molecular weight is 402 g/mol. The second-order valence-electron chi connectivity index (χ2n) is 6.13. The van der Waals surface area contributed by atoms with Gasteiger partial charge >= 0.3 is 0 Å². The number of carbonyl (C=O) groups excluding carboxylic acids is 2. The topological polar surface area (TPSA) is 73.9 Å². The number of anilines is 1. The van der Waals surface area contributed by atoms with Gasteiger partial charge < -0.3 is 19.5 Å². The average Bonchev–Trinajstić information content (AvgIpc) is 2.70. The van der Waals surface area contributed by atoms with Crippen molar-refractivity contribution in [2.45, 2.75) is 13.3 Å². The Balaban J connectivity index is 1.80. The van der Waals surface area contributed by atoms with E-state index in [1.165, 1.54) is 13.2 Å². The molecule has 1 N–H and O–H groups in total. The van der Waals surface area contributed by atoms with E-state index in [0.29, 0.717) is 45.7 Å². The first-order valence-corrected chi connectivity index (χ1v) is 9.19. The monoisotopic (exact) mass is 401 g/mol. The number of hydrogen-bond donors (Lipinski definition) is 1. The Hall–Kier alpha value is -2.99. The molecule has 0 fully saturated rings. The predicted molar refractivity (Wildman–Crippen MR) is 108 cm³/mol. The Morgan fingerprint density at radius 2 is 2.14 bits per heavy atom. The summed E-state index contributed by atoms with van der Waals surface area (Å²) in [4.78, 5) is 23.9. The largest absolute Gasteiger partial charge is 0.493 e. The van der Waals surface area contributed by atoms with E-state index in [-0.39, 0.29) is 18.3 Å². The van der Waals surface area contributed by atoms with E-state index in [1.54, 1.807) is 36.4 Å². The van der Waals surface area contributed by atoms with Gasteiger partial charge in [0.25, 0.3) is 5.91 Å². The maximum Gasteiger partial charge on any atom is 0.262 e. The SMILES string of the molecule is CCCOc1c(Cl)cc(/C=C/C(=O)c2ccc3c(c2)NC(=O)CO3)cc1OC. The third kappa shape index (κ3) is 4.46. The van der Waals surface area contributed by atoms with E-state index in [4.69, 9.17) is 25.8 Å². The van der Waals surface area contributed by atoms with Crippen LogP contribution in [0.25, 0.3) is 6.08 Å². The van der Waals surface area contributed by atoms with E-state index < -0.39 is 0 Å². The van der Waals surface area contributed by atoms with Crippen LogP contribution in [0.4, 0.5) is 5.69 Å². The van der Waals surface area contributed by atoms with Gasteiger partial charge in [-0.25, -0.2) is 0 Å². The lowest BCUT2D eigenvalue weighted by molar-refractivity contribution is -0.118. The van der Waals surface area contributed by atoms with E-state index >= 15 is 0 Å². The van der Waals surface area contributed by atoms with Gasteiger partial charge in [0.1, 0.15) is 5.75 Å². The highest BCUT2D eigenvalue weighted by Gasteiger charge is 2.17. The van der Waals surface area contributed by atoms with Gasteiger partial charge in [0.15, 0.2) is 23.9 Å².